The molecule has 2 aliphatic heterocycles. The van der Waals surface area contributed by atoms with Gasteiger partial charge in [-0.2, -0.15) is 0 Å². The van der Waals surface area contributed by atoms with Gasteiger partial charge in [-0.3, -0.25) is 14.5 Å². The number of carbonyl (C=O) groups is 2. The molecule has 0 radical (unpaired) electrons. The van der Waals surface area contributed by atoms with Gasteiger partial charge in [0.05, 0.1) is 16.6 Å². The molecule has 4 rings (SSSR count). The molecule has 2 atom stereocenters. The fraction of sp³-hybridized carbons (Fsp3) is 0.364. The number of carbonyl (C=O) groups excluding carboxylic acids is 2. The molecule has 0 aromatic heterocycles. The van der Waals surface area contributed by atoms with Crippen molar-refractivity contribution in [2.45, 2.75) is 6.54 Å². The Balaban J connectivity index is 1.26. The van der Waals surface area contributed by atoms with Gasteiger partial charge < -0.3 is 10.2 Å². The van der Waals surface area contributed by atoms with Gasteiger partial charge in [0.15, 0.2) is 0 Å². The summed E-state index contributed by atoms with van der Waals surface area (Å²) in [6.45, 7) is 3.04. The van der Waals surface area contributed by atoms with Crippen molar-refractivity contribution in [1.29, 1.82) is 0 Å². The van der Waals surface area contributed by atoms with Crippen LogP contribution in [-0.2, 0) is 11.3 Å². The molecule has 0 bridgehead atoms. The molecule has 2 fully saturated rings. The average molecular weight is 468 g/mol. The summed E-state index contributed by atoms with van der Waals surface area (Å²) in [6, 6.07) is 8.19. The van der Waals surface area contributed by atoms with Gasteiger partial charge in [-0.1, -0.05) is 29.3 Å². The van der Waals surface area contributed by atoms with Crippen LogP contribution in [0.5, 0.6) is 0 Å². The molecular formula is C22H21Cl2F2N3O2. The fourth-order valence-electron chi connectivity index (χ4n) is 4.32. The largest absolute Gasteiger partial charge is 0.343 e. The Labute approximate surface area is 188 Å². The van der Waals surface area contributed by atoms with Crippen LogP contribution in [0.2, 0.25) is 10.0 Å². The summed E-state index contributed by atoms with van der Waals surface area (Å²) >= 11 is 11.8. The molecule has 2 heterocycles. The van der Waals surface area contributed by atoms with Gasteiger partial charge >= 0.3 is 0 Å². The topological polar surface area (TPSA) is 52.7 Å². The number of hydrogen-bond donors (Lipinski definition) is 1. The Morgan fingerprint density at radius 2 is 1.68 bits per heavy atom. The third-order valence-corrected chi connectivity index (χ3v) is 6.64. The molecule has 5 nitrogen and oxygen atoms in total. The highest BCUT2D eigenvalue weighted by atomic mass is 35.5. The number of rotatable bonds is 5. The molecule has 164 valence electrons. The summed E-state index contributed by atoms with van der Waals surface area (Å²) in [7, 11) is 0. The zero-order valence-corrected chi connectivity index (χ0v) is 18.1. The summed E-state index contributed by atoms with van der Waals surface area (Å²) in [5.74, 6) is -1.04. The van der Waals surface area contributed by atoms with E-state index < -0.39 is 11.6 Å². The van der Waals surface area contributed by atoms with Crippen LogP contribution in [-0.4, -0.2) is 54.3 Å². The normalized spacial score (nSPS) is 20.7. The maximum absolute atomic E-state index is 13.9. The van der Waals surface area contributed by atoms with E-state index in [0.717, 1.165) is 19.2 Å². The number of likely N-dealkylation sites (tertiary alicyclic amines) is 2. The van der Waals surface area contributed by atoms with Crippen molar-refractivity contribution in [2.75, 3.05) is 32.7 Å². The molecule has 0 saturated carbocycles. The smallest absolute Gasteiger partial charge is 0.251 e. The highest BCUT2D eigenvalue weighted by Crippen LogP contribution is 2.32. The Kier molecular flexibility index (Phi) is 6.46. The third-order valence-electron chi connectivity index (χ3n) is 5.91. The maximum atomic E-state index is 13.9. The number of nitrogens with one attached hydrogen (secondary N) is 1. The number of fused-ring (bicyclic) bond motifs is 1. The van der Waals surface area contributed by atoms with Crippen molar-refractivity contribution >= 4 is 35.0 Å². The zero-order valence-electron chi connectivity index (χ0n) is 16.6. The number of amides is 2. The molecule has 2 saturated heterocycles. The van der Waals surface area contributed by atoms with Crippen molar-refractivity contribution in [2.24, 2.45) is 11.8 Å². The summed E-state index contributed by atoms with van der Waals surface area (Å²) in [4.78, 5) is 28.7. The summed E-state index contributed by atoms with van der Waals surface area (Å²) in [6.07, 6.45) is 0. The van der Waals surface area contributed by atoms with E-state index in [-0.39, 0.29) is 23.4 Å². The van der Waals surface area contributed by atoms with Crippen molar-refractivity contribution in [3.8, 4) is 0 Å². The number of halogens is 4. The van der Waals surface area contributed by atoms with E-state index in [1.165, 1.54) is 24.3 Å². The molecule has 0 aliphatic carbocycles. The number of hydrogen-bond acceptors (Lipinski definition) is 3. The second kappa shape index (κ2) is 9.10. The summed E-state index contributed by atoms with van der Waals surface area (Å²) in [5.41, 5.74) is 0.809. The molecule has 31 heavy (non-hydrogen) atoms. The molecule has 2 amide bonds. The second-order valence-corrected chi connectivity index (χ2v) is 8.87. The molecule has 1 N–H and O–H groups in total. The van der Waals surface area contributed by atoms with E-state index >= 15 is 0 Å². The van der Waals surface area contributed by atoms with E-state index in [2.05, 4.69) is 10.2 Å². The van der Waals surface area contributed by atoms with Crippen LogP contribution in [0.25, 0.3) is 0 Å². The Hall–Kier alpha value is -2.22. The Bertz CT molecular complexity index is 1010. The molecule has 0 spiro atoms. The lowest BCUT2D eigenvalue weighted by Gasteiger charge is -2.22. The van der Waals surface area contributed by atoms with Gasteiger partial charge in [-0.25, -0.2) is 8.78 Å². The van der Waals surface area contributed by atoms with Crippen LogP contribution in [0.1, 0.15) is 15.9 Å². The average Bonchev–Trinajstić information content (AvgIpc) is 3.29. The van der Waals surface area contributed by atoms with E-state index in [9.17, 15) is 18.4 Å². The number of nitrogens with zero attached hydrogens (tertiary/aromatic N) is 2. The quantitative estimate of drug-likeness (QED) is 0.730. The first kappa shape index (κ1) is 22.0. The Morgan fingerprint density at radius 3 is 2.32 bits per heavy atom. The lowest BCUT2D eigenvalue weighted by Crippen LogP contribution is -2.40. The number of benzene rings is 2. The molecule has 9 heteroatoms. The van der Waals surface area contributed by atoms with Crippen LogP contribution in [0.3, 0.4) is 0 Å². The highest BCUT2D eigenvalue weighted by Gasteiger charge is 2.41. The lowest BCUT2D eigenvalue weighted by molar-refractivity contribution is -0.129. The first-order chi connectivity index (χ1) is 14.8. The van der Waals surface area contributed by atoms with Gasteiger partial charge in [-0.15, -0.1) is 0 Å². The van der Waals surface area contributed by atoms with Crippen LogP contribution in [0.4, 0.5) is 8.78 Å². The first-order valence-electron chi connectivity index (χ1n) is 9.97. The molecule has 2 aromatic carbocycles. The van der Waals surface area contributed by atoms with Crippen LogP contribution in [0.15, 0.2) is 36.4 Å². The molecular weight excluding hydrogens is 447 g/mol. The van der Waals surface area contributed by atoms with E-state index in [1.807, 2.05) is 0 Å². The van der Waals surface area contributed by atoms with Crippen molar-refractivity contribution in [1.82, 2.24) is 15.1 Å². The molecule has 2 aliphatic rings. The monoisotopic (exact) mass is 467 g/mol. The van der Waals surface area contributed by atoms with Crippen LogP contribution < -0.4 is 5.32 Å². The van der Waals surface area contributed by atoms with Gasteiger partial charge in [0, 0.05) is 49.9 Å². The minimum absolute atomic E-state index is 0.0942. The summed E-state index contributed by atoms with van der Waals surface area (Å²) < 4.78 is 27.0. The van der Waals surface area contributed by atoms with Gasteiger partial charge in [0.1, 0.15) is 11.6 Å². The lowest BCUT2D eigenvalue weighted by atomic mass is 10.0. The van der Waals surface area contributed by atoms with Crippen molar-refractivity contribution in [3.63, 3.8) is 0 Å². The van der Waals surface area contributed by atoms with E-state index in [4.69, 9.17) is 23.2 Å². The van der Waals surface area contributed by atoms with Crippen molar-refractivity contribution in [3.05, 3.63) is 69.2 Å². The molecule has 2 unspecified atom stereocenters. The van der Waals surface area contributed by atoms with Gasteiger partial charge in [-0.05, 0) is 36.1 Å². The highest BCUT2D eigenvalue weighted by molar-refractivity contribution is 6.42. The SMILES string of the molecule is O=C(NCC(=O)N1CC2CN(Cc3ccc(F)cc3F)CC2C1)c1ccc(Cl)c(Cl)c1. The Morgan fingerprint density at radius 1 is 0.968 bits per heavy atom. The van der Waals surface area contributed by atoms with E-state index in [1.54, 1.807) is 11.0 Å². The van der Waals surface area contributed by atoms with E-state index in [0.29, 0.717) is 47.6 Å². The molecule has 2 aromatic rings. The third kappa shape index (κ3) is 5.00. The van der Waals surface area contributed by atoms with Crippen LogP contribution >= 0.6 is 23.2 Å². The second-order valence-electron chi connectivity index (χ2n) is 8.06. The van der Waals surface area contributed by atoms with Crippen molar-refractivity contribution < 1.29 is 18.4 Å². The minimum Gasteiger partial charge on any atom is -0.343 e. The minimum atomic E-state index is -0.583. The standard InChI is InChI=1S/C22H21Cl2F2N3O2/c23-18-4-2-13(5-19(18)24)22(31)27-7-21(30)29-11-15-9-28(10-16(15)12-29)8-14-1-3-17(25)6-20(14)26/h1-6,15-16H,7-12H2,(H,27,31). The first-order valence-corrected chi connectivity index (χ1v) is 10.7. The predicted molar refractivity (Wildman–Crippen MR) is 114 cm³/mol. The zero-order chi connectivity index (χ0) is 22.1. The van der Waals surface area contributed by atoms with Gasteiger partial charge in [0.25, 0.3) is 5.91 Å². The fourth-order valence-corrected chi connectivity index (χ4v) is 4.62. The van der Waals surface area contributed by atoms with Gasteiger partial charge in [0.2, 0.25) is 5.91 Å². The van der Waals surface area contributed by atoms with Crippen LogP contribution in [0, 0.1) is 23.5 Å². The predicted octanol–water partition coefficient (Wildman–Crippen LogP) is 3.59. The maximum Gasteiger partial charge on any atom is 0.251 e. The summed E-state index contributed by atoms with van der Waals surface area (Å²) in [5, 5.41) is 3.26.